The second kappa shape index (κ2) is 3.78. The Morgan fingerprint density at radius 3 is 1.56 bits per heavy atom. The fourth-order valence-electron chi connectivity index (χ4n) is 0.510. The fraction of sp³-hybridized carbons (Fsp3) is 1.00. The molecule has 9 heavy (non-hydrogen) atoms. The van der Waals surface area contributed by atoms with Crippen LogP contribution in [0, 0.1) is 0 Å². The van der Waals surface area contributed by atoms with Crippen molar-refractivity contribution >= 4 is 32.5 Å². The first-order valence-corrected chi connectivity index (χ1v) is 4.73. The van der Waals surface area contributed by atoms with Gasteiger partial charge in [0.05, 0.1) is 0 Å². The molecule has 0 fully saturated rings. The minimum atomic E-state index is -1.85. The van der Waals surface area contributed by atoms with Crippen LogP contribution >= 0.6 is 23.2 Å². The molecule has 0 unspecified atom stereocenters. The van der Waals surface area contributed by atoms with Gasteiger partial charge in [-0.05, 0) is 6.92 Å². The molecule has 0 bridgehead atoms. The summed E-state index contributed by atoms with van der Waals surface area (Å²) in [6, 6.07) is 0. The second-order valence-corrected chi connectivity index (χ2v) is 7.02. The van der Waals surface area contributed by atoms with Crippen LogP contribution in [0.3, 0.4) is 0 Å². The van der Waals surface area contributed by atoms with Gasteiger partial charge in [-0.25, -0.2) is 0 Å². The van der Waals surface area contributed by atoms with Gasteiger partial charge in [0.1, 0.15) is 0 Å². The first-order chi connectivity index (χ1) is 4.02. The Hall–Kier alpha value is 0.717. The summed E-state index contributed by atoms with van der Waals surface area (Å²) >= 11 is 11.4. The summed E-state index contributed by atoms with van der Waals surface area (Å²) in [4.78, 5) is 0. The van der Waals surface area contributed by atoms with Crippen molar-refractivity contribution in [2.75, 3.05) is 14.2 Å². The molecule has 0 saturated carbocycles. The summed E-state index contributed by atoms with van der Waals surface area (Å²) in [5, 5.41) is 0. The zero-order valence-corrected chi connectivity index (χ0v) is 8.32. The molecule has 0 aliphatic heterocycles. The number of alkyl halides is 2. The lowest BCUT2D eigenvalue weighted by Gasteiger charge is -2.19. The summed E-state index contributed by atoms with van der Waals surface area (Å²) in [5.41, 5.74) is 0. The molecule has 56 valence electrons. The maximum atomic E-state index is 5.68. The van der Waals surface area contributed by atoms with Crippen LogP contribution in [0.1, 0.15) is 6.92 Å². The molecule has 0 aromatic carbocycles. The lowest BCUT2D eigenvalue weighted by molar-refractivity contribution is 0.273. The van der Waals surface area contributed by atoms with Crippen molar-refractivity contribution in [2.45, 2.75) is 10.9 Å². The van der Waals surface area contributed by atoms with Crippen LogP contribution in [0.4, 0.5) is 0 Å². The van der Waals surface area contributed by atoms with Gasteiger partial charge in [0.2, 0.25) is 0 Å². The van der Waals surface area contributed by atoms with Crippen molar-refractivity contribution in [3.8, 4) is 0 Å². The van der Waals surface area contributed by atoms with E-state index in [1.807, 2.05) is 0 Å². The highest BCUT2D eigenvalue weighted by Gasteiger charge is 2.33. The molecule has 0 saturated heterocycles. The van der Waals surface area contributed by atoms with Gasteiger partial charge in [-0.3, -0.25) is 0 Å². The van der Waals surface area contributed by atoms with Crippen molar-refractivity contribution in [3.63, 3.8) is 0 Å². The molecular weight excluding hydrogens is 179 g/mol. The third kappa shape index (κ3) is 3.42. The van der Waals surface area contributed by atoms with Crippen LogP contribution in [-0.2, 0) is 8.85 Å². The lowest BCUT2D eigenvalue weighted by atomic mass is 10.9. The zero-order chi connectivity index (χ0) is 7.49. The first kappa shape index (κ1) is 9.72. The fourth-order valence-corrected chi connectivity index (χ4v) is 2.60. The molecule has 0 atom stereocenters. The average molecular weight is 189 g/mol. The molecule has 0 rings (SSSR count). The van der Waals surface area contributed by atoms with Gasteiger partial charge in [-0.2, -0.15) is 0 Å². The highest BCUT2D eigenvalue weighted by molar-refractivity contribution is 6.76. The topological polar surface area (TPSA) is 18.5 Å². The second-order valence-electron chi connectivity index (χ2n) is 1.76. The van der Waals surface area contributed by atoms with Crippen molar-refractivity contribution in [2.24, 2.45) is 0 Å². The molecule has 0 aromatic rings. The van der Waals surface area contributed by atoms with Crippen LogP contribution in [0.15, 0.2) is 0 Å². The SMILES string of the molecule is CO[SiH](OC)C(C)(Cl)Cl. The van der Waals surface area contributed by atoms with Gasteiger partial charge < -0.3 is 8.85 Å². The molecule has 0 aliphatic rings. The Morgan fingerprint density at radius 2 is 1.56 bits per heavy atom. The highest BCUT2D eigenvalue weighted by Crippen LogP contribution is 2.23. The van der Waals surface area contributed by atoms with Crippen molar-refractivity contribution in [1.82, 2.24) is 0 Å². The maximum absolute atomic E-state index is 5.68. The number of hydrogen-bond acceptors (Lipinski definition) is 2. The van der Waals surface area contributed by atoms with Crippen LogP contribution in [0.25, 0.3) is 0 Å². The first-order valence-electron chi connectivity index (χ1n) is 2.45. The molecule has 0 amide bonds. The lowest BCUT2D eigenvalue weighted by Crippen LogP contribution is -2.37. The van der Waals surface area contributed by atoms with Crippen molar-refractivity contribution in [3.05, 3.63) is 0 Å². The minimum absolute atomic E-state index is 0.844. The molecule has 0 radical (unpaired) electrons. The van der Waals surface area contributed by atoms with E-state index in [2.05, 4.69) is 0 Å². The molecule has 0 spiro atoms. The van der Waals surface area contributed by atoms with E-state index in [-0.39, 0.29) is 0 Å². The third-order valence-electron chi connectivity index (χ3n) is 0.842. The van der Waals surface area contributed by atoms with E-state index in [1.165, 1.54) is 0 Å². The van der Waals surface area contributed by atoms with Crippen LogP contribution < -0.4 is 0 Å². The number of rotatable bonds is 3. The summed E-state index contributed by atoms with van der Waals surface area (Å²) in [6.07, 6.45) is 0. The third-order valence-corrected chi connectivity index (χ3v) is 3.60. The molecule has 2 nitrogen and oxygen atoms in total. The Balaban J connectivity index is 3.79. The van der Waals surface area contributed by atoms with Gasteiger partial charge in [0.25, 0.3) is 0 Å². The molecule has 0 aromatic heterocycles. The quantitative estimate of drug-likeness (QED) is 0.491. The Morgan fingerprint density at radius 1 is 1.22 bits per heavy atom. The van der Waals surface area contributed by atoms with Crippen molar-refractivity contribution < 1.29 is 8.85 Å². The van der Waals surface area contributed by atoms with E-state index in [0.717, 1.165) is 0 Å². The van der Waals surface area contributed by atoms with Gasteiger partial charge >= 0.3 is 9.28 Å². The highest BCUT2D eigenvalue weighted by atomic mass is 35.5. The number of hydrogen-bond donors (Lipinski definition) is 0. The molecular formula is C4H10Cl2O2Si. The molecule has 0 aliphatic carbocycles. The average Bonchev–Trinajstić information content (AvgIpc) is 1.65. The van der Waals surface area contributed by atoms with Gasteiger partial charge in [0.15, 0.2) is 3.96 Å². The smallest absolute Gasteiger partial charge is 0.358 e. The van der Waals surface area contributed by atoms with E-state index in [0.29, 0.717) is 0 Å². The summed E-state index contributed by atoms with van der Waals surface area (Å²) in [5.74, 6) is 0. The normalized spacial score (nSPS) is 12.7. The van der Waals surface area contributed by atoms with E-state index in [1.54, 1.807) is 21.1 Å². The van der Waals surface area contributed by atoms with Crippen LogP contribution in [-0.4, -0.2) is 27.5 Å². The Kier molecular flexibility index (Phi) is 4.08. The van der Waals surface area contributed by atoms with Crippen molar-refractivity contribution in [1.29, 1.82) is 0 Å². The summed E-state index contributed by atoms with van der Waals surface area (Å²) in [6.45, 7) is 1.67. The van der Waals surface area contributed by atoms with E-state index < -0.39 is 13.2 Å². The Bertz CT molecular complexity index is 79.1. The molecule has 0 heterocycles. The van der Waals surface area contributed by atoms with Crippen LogP contribution in [0.2, 0.25) is 0 Å². The monoisotopic (exact) mass is 188 g/mol. The largest absolute Gasteiger partial charge is 0.398 e. The predicted molar refractivity (Wildman–Crippen MR) is 41.3 cm³/mol. The summed E-state index contributed by atoms with van der Waals surface area (Å²) in [7, 11) is 1.24. The molecule has 5 heteroatoms. The van der Waals surface area contributed by atoms with E-state index in [4.69, 9.17) is 32.1 Å². The van der Waals surface area contributed by atoms with E-state index in [9.17, 15) is 0 Å². The Labute approximate surface area is 66.9 Å². The number of halogens is 2. The van der Waals surface area contributed by atoms with Gasteiger partial charge in [-0.1, -0.05) is 0 Å². The van der Waals surface area contributed by atoms with Crippen LogP contribution in [0.5, 0.6) is 0 Å². The van der Waals surface area contributed by atoms with Gasteiger partial charge in [0, 0.05) is 14.2 Å². The zero-order valence-electron chi connectivity index (χ0n) is 5.65. The predicted octanol–water partition coefficient (Wildman–Crippen LogP) is 1.23. The molecule has 0 N–H and O–H groups in total. The maximum Gasteiger partial charge on any atom is 0.358 e. The standard InChI is InChI=1S/C4H10Cl2O2Si/c1-4(5,6)9(7-2)8-3/h9H,1-3H3. The van der Waals surface area contributed by atoms with E-state index >= 15 is 0 Å². The minimum Gasteiger partial charge on any atom is -0.398 e. The summed E-state index contributed by atoms with van der Waals surface area (Å²) < 4.78 is 8.99. The van der Waals surface area contributed by atoms with Gasteiger partial charge in [-0.15, -0.1) is 23.2 Å².